The van der Waals surface area contributed by atoms with Crippen LogP contribution >= 0.6 is 11.3 Å². The molecule has 7 heteroatoms. The van der Waals surface area contributed by atoms with Crippen LogP contribution in [0.5, 0.6) is 0 Å². The Morgan fingerprint density at radius 2 is 1.76 bits per heavy atom. The summed E-state index contributed by atoms with van der Waals surface area (Å²) in [6.07, 6.45) is 4.10. The highest BCUT2D eigenvalue weighted by atomic mass is 32.1. The van der Waals surface area contributed by atoms with E-state index in [-0.39, 0.29) is 5.91 Å². The molecule has 2 aromatic carbocycles. The Hall–Kier alpha value is -3.94. The normalized spacial score (nSPS) is 11.0. The molecule has 3 heterocycles. The van der Waals surface area contributed by atoms with Crippen molar-refractivity contribution < 1.29 is 10.5 Å². The lowest BCUT2D eigenvalue weighted by Crippen LogP contribution is -2.47. The highest BCUT2D eigenvalue weighted by molar-refractivity contribution is 7.09. The van der Waals surface area contributed by atoms with Gasteiger partial charge in [-0.15, -0.1) is 11.3 Å². The lowest BCUT2D eigenvalue weighted by atomic mass is 9.96. The van der Waals surface area contributed by atoms with E-state index in [2.05, 4.69) is 57.4 Å². The van der Waals surface area contributed by atoms with Crippen molar-refractivity contribution in [1.82, 2.24) is 20.3 Å². The first-order chi connectivity index (χ1) is 16.7. The van der Waals surface area contributed by atoms with Crippen molar-refractivity contribution in [3.05, 3.63) is 101 Å². The van der Waals surface area contributed by atoms with Gasteiger partial charge >= 0.3 is 0 Å². The largest absolute Gasteiger partial charge is 0.354 e. The number of amides is 1. The van der Waals surface area contributed by atoms with Gasteiger partial charge in [0, 0.05) is 52.8 Å². The van der Waals surface area contributed by atoms with Crippen molar-refractivity contribution in [3.63, 3.8) is 0 Å². The number of hydrogen-bond donors (Lipinski definition) is 2. The third kappa shape index (κ3) is 4.57. The van der Waals surface area contributed by atoms with Crippen molar-refractivity contribution in [2.24, 2.45) is 0 Å². The van der Waals surface area contributed by atoms with Gasteiger partial charge in [0.25, 0.3) is 5.91 Å². The van der Waals surface area contributed by atoms with Crippen LogP contribution < -0.4 is 11.1 Å². The summed E-state index contributed by atoms with van der Waals surface area (Å²) in [5.41, 5.74) is 10.1. The van der Waals surface area contributed by atoms with Crippen molar-refractivity contribution in [1.29, 1.82) is 0 Å². The fourth-order valence-corrected chi connectivity index (χ4v) is 4.53. The quantitative estimate of drug-likeness (QED) is 0.377. The van der Waals surface area contributed by atoms with E-state index >= 15 is 0 Å². The van der Waals surface area contributed by atoms with E-state index in [0.717, 1.165) is 44.8 Å². The van der Waals surface area contributed by atoms with Gasteiger partial charge in [0.2, 0.25) is 0 Å². The molecule has 6 nitrogen and oxygen atoms in total. The molecule has 0 aliphatic heterocycles. The van der Waals surface area contributed by atoms with Crippen LogP contribution in [-0.4, -0.2) is 27.4 Å². The molecule has 1 amide bonds. The molecule has 0 bridgehead atoms. The Kier molecular flexibility index (Phi) is 6.38. The zero-order valence-corrected chi connectivity index (χ0v) is 19.4. The molecule has 3 aromatic heterocycles. The Bertz CT molecular complexity index is 1420. The average Bonchev–Trinajstić information content (AvgIpc) is 3.41. The van der Waals surface area contributed by atoms with Gasteiger partial charge in [-0.1, -0.05) is 54.6 Å². The van der Waals surface area contributed by atoms with E-state index in [1.807, 2.05) is 35.7 Å². The van der Waals surface area contributed by atoms with Crippen molar-refractivity contribution in [2.75, 3.05) is 6.54 Å². The molecule has 0 spiro atoms. The molecule has 5 rings (SSSR count). The predicted octanol–water partition coefficient (Wildman–Crippen LogP) is 4.13. The summed E-state index contributed by atoms with van der Waals surface area (Å²) in [4.78, 5) is 26.7. The number of carbonyl (C=O) groups excluding carboxylic acids is 1. The maximum Gasteiger partial charge on any atom is 0.270 e. The van der Waals surface area contributed by atoms with Gasteiger partial charge in [-0.25, -0.2) is 9.97 Å². The van der Waals surface area contributed by atoms with Crippen LogP contribution in [0.15, 0.2) is 84.5 Å². The standard InChI is InChI=1S/C27H23N5OS/c28-17-18-6-8-20(9-7-18)25-21(19-4-2-1-3-5-19)16-22-23(32-25)10-12-30-26(22)27(33)31-13-11-24-29-14-15-34-24/h1-10,12,14-16H,11,13,17,28H2,(H,31,33)/p+1. The summed E-state index contributed by atoms with van der Waals surface area (Å²) in [7, 11) is 0. The second-order valence-corrected chi connectivity index (χ2v) is 8.83. The highest BCUT2D eigenvalue weighted by Gasteiger charge is 2.17. The summed E-state index contributed by atoms with van der Waals surface area (Å²) in [5.74, 6) is -0.212. The average molecular weight is 467 g/mol. The Morgan fingerprint density at radius 1 is 0.941 bits per heavy atom. The first-order valence-corrected chi connectivity index (χ1v) is 12.0. The number of rotatable bonds is 7. The molecule has 5 aromatic rings. The van der Waals surface area contributed by atoms with Gasteiger partial charge in [-0.3, -0.25) is 9.78 Å². The number of carbonyl (C=O) groups is 1. The molecule has 168 valence electrons. The fraction of sp³-hybridized carbons (Fsp3) is 0.111. The Labute approximate surface area is 201 Å². The molecule has 0 unspecified atom stereocenters. The molecular formula is C27H24N5OS+. The highest BCUT2D eigenvalue weighted by Crippen LogP contribution is 2.34. The lowest BCUT2D eigenvalue weighted by Gasteiger charge is -2.13. The summed E-state index contributed by atoms with van der Waals surface area (Å²) >= 11 is 1.58. The van der Waals surface area contributed by atoms with Crippen LogP contribution in [-0.2, 0) is 13.0 Å². The Morgan fingerprint density at radius 3 is 2.50 bits per heavy atom. The second kappa shape index (κ2) is 9.91. The predicted molar refractivity (Wildman–Crippen MR) is 135 cm³/mol. The minimum absolute atomic E-state index is 0.212. The number of quaternary nitrogens is 1. The molecular weight excluding hydrogens is 442 g/mol. The molecule has 0 radical (unpaired) electrons. The van der Waals surface area contributed by atoms with Gasteiger partial charge < -0.3 is 11.1 Å². The number of nitrogens with one attached hydrogen (secondary N) is 1. The van der Waals surface area contributed by atoms with Crippen LogP contribution in [0.4, 0.5) is 0 Å². The zero-order valence-electron chi connectivity index (χ0n) is 18.6. The number of aromatic nitrogens is 3. The molecule has 34 heavy (non-hydrogen) atoms. The lowest BCUT2D eigenvalue weighted by molar-refractivity contribution is -0.386. The van der Waals surface area contributed by atoms with Gasteiger partial charge in [-0.05, 0) is 17.7 Å². The zero-order chi connectivity index (χ0) is 23.3. The van der Waals surface area contributed by atoms with E-state index in [1.54, 1.807) is 23.7 Å². The van der Waals surface area contributed by atoms with Crippen LogP contribution in [0.2, 0.25) is 0 Å². The summed E-state index contributed by atoms with van der Waals surface area (Å²) in [5, 5.41) is 6.64. The molecule has 0 atom stereocenters. The minimum Gasteiger partial charge on any atom is -0.354 e. The van der Waals surface area contributed by atoms with E-state index in [4.69, 9.17) is 4.98 Å². The minimum atomic E-state index is -0.212. The first-order valence-electron chi connectivity index (χ1n) is 11.1. The fourth-order valence-electron chi connectivity index (χ4n) is 3.91. The summed E-state index contributed by atoms with van der Waals surface area (Å²) < 4.78 is 0. The number of pyridine rings is 2. The number of fused-ring (bicyclic) bond motifs is 1. The van der Waals surface area contributed by atoms with Crippen LogP contribution in [0.3, 0.4) is 0 Å². The van der Waals surface area contributed by atoms with Crippen LogP contribution in [0.1, 0.15) is 21.1 Å². The van der Waals surface area contributed by atoms with E-state index < -0.39 is 0 Å². The maximum atomic E-state index is 13.0. The molecule has 0 aliphatic rings. The van der Waals surface area contributed by atoms with E-state index in [9.17, 15) is 4.79 Å². The molecule has 4 N–H and O–H groups in total. The summed E-state index contributed by atoms with van der Waals surface area (Å²) in [6, 6.07) is 22.3. The van der Waals surface area contributed by atoms with Crippen LogP contribution in [0.25, 0.3) is 33.3 Å². The molecule has 0 fully saturated rings. The van der Waals surface area contributed by atoms with Crippen LogP contribution in [0, 0.1) is 0 Å². The number of thiazole rings is 1. The molecule has 0 saturated carbocycles. The van der Waals surface area contributed by atoms with Gasteiger partial charge in [0.1, 0.15) is 5.69 Å². The van der Waals surface area contributed by atoms with Gasteiger partial charge in [-0.2, -0.15) is 0 Å². The van der Waals surface area contributed by atoms with Gasteiger partial charge in [0.05, 0.1) is 22.8 Å². The van der Waals surface area contributed by atoms with Gasteiger partial charge in [0.15, 0.2) is 0 Å². The smallest absolute Gasteiger partial charge is 0.270 e. The molecule has 0 aliphatic carbocycles. The maximum absolute atomic E-state index is 13.0. The number of benzene rings is 2. The number of nitrogens with zero attached hydrogens (tertiary/aromatic N) is 3. The SMILES string of the molecule is [NH3+]Cc1ccc(-c2nc3ccnc(C(=O)NCCc4nccs4)c3cc2-c2ccccc2)cc1. The van der Waals surface area contributed by atoms with Crippen molar-refractivity contribution in [3.8, 4) is 22.4 Å². The Balaban J connectivity index is 1.56. The third-order valence-electron chi connectivity index (χ3n) is 5.67. The van der Waals surface area contributed by atoms with Crippen molar-refractivity contribution in [2.45, 2.75) is 13.0 Å². The van der Waals surface area contributed by atoms with E-state index in [1.165, 1.54) is 5.56 Å². The van der Waals surface area contributed by atoms with Crippen molar-refractivity contribution >= 4 is 28.1 Å². The molecule has 0 saturated heterocycles. The monoisotopic (exact) mass is 466 g/mol. The summed E-state index contributed by atoms with van der Waals surface area (Å²) in [6.45, 7) is 1.24. The first kappa shape index (κ1) is 21.9. The third-order valence-corrected chi connectivity index (χ3v) is 6.51. The second-order valence-electron chi connectivity index (χ2n) is 7.86. The van der Waals surface area contributed by atoms with E-state index in [0.29, 0.717) is 18.7 Å². The topological polar surface area (TPSA) is 95.4 Å². The number of hydrogen-bond acceptors (Lipinski definition) is 5.